The molecular weight excluding hydrogens is 229 g/mol. The predicted molar refractivity (Wildman–Crippen MR) is 70.3 cm³/mol. The summed E-state index contributed by atoms with van der Waals surface area (Å²) in [5, 5.41) is 0. The van der Waals surface area contributed by atoms with Crippen LogP contribution in [0, 0.1) is 12.7 Å². The highest BCUT2D eigenvalue weighted by Gasteiger charge is 2.14. The second-order valence-corrected chi connectivity index (χ2v) is 4.36. The normalized spacial score (nSPS) is 12.2. The molecule has 0 saturated heterocycles. The highest BCUT2D eigenvalue weighted by molar-refractivity contribution is 5.41. The maximum atomic E-state index is 13.7. The number of benzene rings is 2. The molecular formula is C15H16FNO. The molecule has 0 saturated carbocycles. The van der Waals surface area contributed by atoms with Gasteiger partial charge in [-0.1, -0.05) is 18.2 Å². The van der Waals surface area contributed by atoms with Crippen LogP contribution in [0.3, 0.4) is 0 Å². The third-order valence-electron chi connectivity index (χ3n) is 2.69. The van der Waals surface area contributed by atoms with Crippen LogP contribution in [0.25, 0.3) is 0 Å². The van der Waals surface area contributed by atoms with Gasteiger partial charge in [-0.3, -0.25) is 0 Å². The summed E-state index contributed by atoms with van der Waals surface area (Å²) in [5.41, 5.74) is 7.27. The van der Waals surface area contributed by atoms with Crippen LogP contribution in [0.4, 0.5) is 4.39 Å². The van der Waals surface area contributed by atoms with E-state index in [0.717, 1.165) is 5.56 Å². The van der Waals surface area contributed by atoms with Crippen LogP contribution in [0.1, 0.15) is 24.1 Å². The van der Waals surface area contributed by atoms with Gasteiger partial charge in [0.15, 0.2) is 0 Å². The Morgan fingerprint density at radius 2 is 1.89 bits per heavy atom. The lowest BCUT2D eigenvalue weighted by molar-refractivity contribution is 0.460. The van der Waals surface area contributed by atoms with Crippen molar-refractivity contribution in [3.05, 3.63) is 59.4 Å². The Balaban J connectivity index is 2.37. The number of halogens is 1. The molecule has 0 heterocycles. The zero-order chi connectivity index (χ0) is 13.1. The van der Waals surface area contributed by atoms with Crippen LogP contribution in [-0.2, 0) is 0 Å². The maximum Gasteiger partial charge on any atom is 0.135 e. The van der Waals surface area contributed by atoms with E-state index in [1.807, 2.05) is 31.2 Å². The molecule has 0 radical (unpaired) electrons. The van der Waals surface area contributed by atoms with Crippen LogP contribution in [-0.4, -0.2) is 0 Å². The molecule has 94 valence electrons. The zero-order valence-electron chi connectivity index (χ0n) is 10.5. The molecule has 2 nitrogen and oxygen atoms in total. The lowest BCUT2D eigenvalue weighted by atomic mass is 10.1. The van der Waals surface area contributed by atoms with Gasteiger partial charge in [0.25, 0.3) is 0 Å². The second-order valence-electron chi connectivity index (χ2n) is 4.36. The molecule has 2 N–H and O–H groups in total. The summed E-state index contributed by atoms with van der Waals surface area (Å²) in [6.07, 6.45) is 0. The molecule has 0 fully saturated rings. The standard InChI is InChI=1S/C15H16FNO/c1-10-5-3-6-12(9-10)18-14-8-4-7-13(16)15(14)11(2)17/h3-9,11H,17H2,1-2H3. The van der Waals surface area contributed by atoms with Crippen molar-refractivity contribution in [2.24, 2.45) is 5.73 Å². The Morgan fingerprint density at radius 1 is 1.17 bits per heavy atom. The fourth-order valence-corrected chi connectivity index (χ4v) is 1.85. The third kappa shape index (κ3) is 2.68. The molecule has 18 heavy (non-hydrogen) atoms. The highest BCUT2D eigenvalue weighted by atomic mass is 19.1. The van der Waals surface area contributed by atoms with E-state index in [-0.39, 0.29) is 5.82 Å². The SMILES string of the molecule is Cc1cccc(Oc2cccc(F)c2C(C)N)c1. The number of hydrogen-bond donors (Lipinski definition) is 1. The summed E-state index contributed by atoms with van der Waals surface area (Å²) >= 11 is 0. The molecule has 2 aromatic carbocycles. The molecule has 0 amide bonds. The van der Waals surface area contributed by atoms with Crippen LogP contribution in [0.15, 0.2) is 42.5 Å². The van der Waals surface area contributed by atoms with Crippen molar-refractivity contribution in [3.63, 3.8) is 0 Å². The smallest absolute Gasteiger partial charge is 0.135 e. The Hall–Kier alpha value is -1.87. The number of aryl methyl sites for hydroxylation is 1. The molecule has 1 unspecified atom stereocenters. The number of rotatable bonds is 3. The molecule has 0 aromatic heterocycles. The Bertz CT molecular complexity index is 552. The van der Waals surface area contributed by atoms with Gasteiger partial charge in [-0.2, -0.15) is 0 Å². The molecule has 0 aliphatic heterocycles. The molecule has 0 bridgehead atoms. The molecule has 2 rings (SSSR count). The summed E-state index contributed by atoms with van der Waals surface area (Å²) < 4.78 is 19.4. The fourth-order valence-electron chi connectivity index (χ4n) is 1.85. The lowest BCUT2D eigenvalue weighted by Crippen LogP contribution is -2.09. The predicted octanol–water partition coefficient (Wildman–Crippen LogP) is 3.95. The Labute approximate surface area is 106 Å². The van der Waals surface area contributed by atoms with Crippen molar-refractivity contribution in [3.8, 4) is 11.5 Å². The molecule has 0 aliphatic rings. The van der Waals surface area contributed by atoms with Gasteiger partial charge >= 0.3 is 0 Å². The Kier molecular flexibility index (Phi) is 3.63. The molecule has 3 heteroatoms. The molecule has 0 aliphatic carbocycles. The van der Waals surface area contributed by atoms with Crippen molar-refractivity contribution in [1.29, 1.82) is 0 Å². The van der Waals surface area contributed by atoms with Crippen LogP contribution < -0.4 is 10.5 Å². The van der Waals surface area contributed by atoms with Gasteiger partial charge in [-0.15, -0.1) is 0 Å². The maximum absolute atomic E-state index is 13.7. The van der Waals surface area contributed by atoms with E-state index >= 15 is 0 Å². The third-order valence-corrected chi connectivity index (χ3v) is 2.69. The summed E-state index contributed by atoms with van der Waals surface area (Å²) in [7, 11) is 0. The minimum Gasteiger partial charge on any atom is -0.457 e. The van der Waals surface area contributed by atoms with Crippen molar-refractivity contribution in [2.75, 3.05) is 0 Å². The van der Waals surface area contributed by atoms with Gasteiger partial charge in [-0.05, 0) is 43.7 Å². The quantitative estimate of drug-likeness (QED) is 0.888. The van der Waals surface area contributed by atoms with Gasteiger partial charge in [0.1, 0.15) is 17.3 Å². The Morgan fingerprint density at radius 3 is 2.56 bits per heavy atom. The molecule has 0 spiro atoms. The van der Waals surface area contributed by atoms with Crippen molar-refractivity contribution < 1.29 is 9.13 Å². The highest BCUT2D eigenvalue weighted by Crippen LogP contribution is 2.30. The van der Waals surface area contributed by atoms with E-state index in [0.29, 0.717) is 17.1 Å². The van der Waals surface area contributed by atoms with E-state index in [1.54, 1.807) is 19.1 Å². The first-order valence-corrected chi connectivity index (χ1v) is 5.86. The van der Waals surface area contributed by atoms with E-state index in [9.17, 15) is 4.39 Å². The van der Waals surface area contributed by atoms with Gasteiger partial charge in [0.2, 0.25) is 0 Å². The average Bonchev–Trinajstić information content (AvgIpc) is 2.28. The minimum absolute atomic E-state index is 0.338. The fraction of sp³-hybridized carbons (Fsp3) is 0.200. The molecule has 2 aromatic rings. The first-order valence-electron chi connectivity index (χ1n) is 5.86. The van der Waals surface area contributed by atoms with E-state index < -0.39 is 6.04 Å². The van der Waals surface area contributed by atoms with Crippen LogP contribution in [0.5, 0.6) is 11.5 Å². The van der Waals surface area contributed by atoms with Crippen LogP contribution >= 0.6 is 0 Å². The van der Waals surface area contributed by atoms with Crippen molar-refractivity contribution in [1.82, 2.24) is 0 Å². The first-order chi connectivity index (χ1) is 8.58. The summed E-state index contributed by atoms with van der Waals surface area (Å²) in [5.74, 6) is 0.813. The number of nitrogens with two attached hydrogens (primary N) is 1. The van der Waals surface area contributed by atoms with Gasteiger partial charge < -0.3 is 10.5 Å². The minimum atomic E-state index is -0.411. The summed E-state index contributed by atoms with van der Waals surface area (Å²) in [4.78, 5) is 0. The van der Waals surface area contributed by atoms with Crippen molar-refractivity contribution >= 4 is 0 Å². The largest absolute Gasteiger partial charge is 0.457 e. The second kappa shape index (κ2) is 5.19. The zero-order valence-corrected chi connectivity index (χ0v) is 10.5. The monoisotopic (exact) mass is 245 g/mol. The molecule has 1 atom stereocenters. The van der Waals surface area contributed by atoms with Gasteiger partial charge in [0, 0.05) is 11.6 Å². The number of ether oxygens (including phenoxy) is 1. The van der Waals surface area contributed by atoms with Crippen LogP contribution in [0.2, 0.25) is 0 Å². The van der Waals surface area contributed by atoms with E-state index in [2.05, 4.69) is 0 Å². The number of hydrogen-bond acceptors (Lipinski definition) is 2. The van der Waals surface area contributed by atoms with Crippen molar-refractivity contribution in [2.45, 2.75) is 19.9 Å². The topological polar surface area (TPSA) is 35.2 Å². The van der Waals surface area contributed by atoms with Gasteiger partial charge in [0.05, 0.1) is 0 Å². The van der Waals surface area contributed by atoms with E-state index in [4.69, 9.17) is 10.5 Å². The lowest BCUT2D eigenvalue weighted by Gasteiger charge is -2.14. The summed E-state index contributed by atoms with van der Waals surface area (Å²) in [6, 6.07) is 11.9. The van der Waals surface area contributed by atoms with Gasteiger partial charge in [-0.25, -0.2) is 4.39 Å². The summed E-state index contributed by atoms with van der Waals surface area (Å²) in [6.45, 7) is 3.71. The first kappa shape index (κ1) is 12.6. The average molecular weight is 245 g/mol. The van der Waals surface area contributed by atoms with E-state index in [1.165, 1.54) is 6.07 Å².